The van der Waals surface area contributed by atoms with Crippen molar-refractivity contribution in [3.8, 4) is 17.2 Å². The summed E-state index contributed by atoms with van der Waals surface area (Å²) in [6.07, 6.45) is 1.52. The molecule has 0 aliphatic rings. The summed E-state index contributed by atoms with van der Waals surface area (Å²) in [4.78, 5) is 17.3. The summed E-state index contributed by atoms with van der Waals surface area (Å²) in [7, 11) is 3.23. The third-order valence-electron chi connectivity index (χ3n) is 5.57. The number of hydrogen-bond acceptors (Lipinski definition) is 5. The molecule has 1 amide bonds. The van der Waals surface area contributed by atoms with Gasteiger partial charge in [-0.3, -0.25) is 4.79 Å². The monoisotopic (exact) mass is 459 g/mol. The summed E-state index contributed by atoms with van der Waals surface area (Å²) >= 11 is 0. The van der Waals surface area contributed by atoms with Crippen molar-refractivity contribution in [2.45, 2.75) is 19.4 Å². The zero-order valence-corrected chi connectivity index (χ0v) is 19.5. The molecule has 0 unspecified atom stereocenters. The maximum Gasteiger partial charge on any atom is 0.251 e. The van der Waals surface area contributed by atoms with Crippen LogP contribution in [-0.4, -0.2) is 42.8 Å². The van der Waals surface area contributed by atoms with Crippen LogP contribution in [0.15, 0.2) is 72.8 Å². The lowest BCUT2D eigenvalue weighted by molar-refractivity contribution is 0.0952. The molecule has 0 saturated carbocycles. The van der Waals surface area contributed by atoms with E-state index >= 15 is 0 Å². The van der Waals surface area contributed by atoms with Gasteiger partial charge in [0.05, 0.1) is 31.8 Å². The molecule has 4 aromatic rings. The molecule has 0 atom stereocenters. The number of amides is 1. The van der Waals surface area contributed by atoms with Crippen LogP contribution >= 0.6 is 0 Å². The Morgan fingerprint density at radius 3 is 2.47 bits per heavy atom. The molecule has 0 radical (unpaired) electrons. The van der Waals surface area contributed by atoms with Crippen molar-refractivity contribution in [3.05, 3.63) is 84.2 Å². The second kappa shape index (κ2) is 11.2. The summed E-state index contributed by atoms with van der Waals surface area (Å²) in [6.45, 7) is 1.76. The lowest BCUT2D eigenvalue weighted by Crippen LogP contribution is -2.25. The first-order chi connectivity index (χ1) is 16.7. The summed E-state index contributed by atoms with van der Waals surface area (Å²) < 4.78 is 18.5. The zero-order chi connectivity index (χ0) is 23.8. The fourth-order valence-corrected chi connectivity index (χ4v) is 3.81. The third kappa shape index (κ3) is 5.67. The van der Waals surface area contributed by atoms with Gasteiger partial charge in [-0.2, -0.15) is 0 Å². The Morgan fingerprint density at radius 2 is 1.68 bits per heavy atom. The number of para-hydroxylation sites is 2. The number of rotatable bonds is 11. The van der Waals surface area contributed by atoms with E-state index in [9.17, 15) is 4.79 Å². The van der Waals surface area contributed by atoms with Gasteiger partial charge in [0, 0.05) is 18.5 Å². The molecular formula is C27H29N3O4. The normalized spacial score (nSPS) is 10.8. The van der Waals surface area contributed by atoms with Gasteiger partial charge in [0.2, 0.25) is 0 Å². The highest BCUT2D eigenvalue weighted by Crippen LogP contribution is 2.19. The van der Waals surface area contributed by atoms with Crippen LogP contribution in [0.1, 0.15) is 22.6 Å². The number of methoxy groups -OCH3 is 2. The third-order valence-corrected chi connectivity index (χ3v) is 5.57. The number of hydrogen-bond donors (Lipinski definition) is 1. The largest absolute Gasteiger partial charge is 0.497 e. The van der Waals surface area contributed by atoms with Gasteiger partial charge in [0.25, 0.3) is 5.91 Å². The van der Waals surface area contributed by atoms with E-state index in [2.05, 4.69) is 16.0 Å². The Bertz CT molecular complexity index is 1230. The van der Waals surface area contributed by atoms with Crippen molar-refractivity contribution in [2.24, 2.45) is 0 Å². The molecule has 176 valence electrons. The highest BCUT2D eigenvalue weighted by atomic mass is 16.5. The first-order valence-corrected chi connectivity index (χ1v) is 11.3. The number of nitrogens with one attached hydrogen (secondary N) is 1. The van der Waals surface area contributed by atoms with Gasteiger partial charge in [-0.25, -0.2) is 4.98 Å². The average Bonchev–Trinajstić information content (AvgIpc) is 3.24. The number of carbonyl (C=O) groups is 1. The van der Waals surface area contributed by atoms with Crippen LogP contribution in [0.5, 0.6) is 17.2 Å². The van der Waals surface area contributed by atoms with E-state index in [1.165, 1.54) is 0 Å². The number of aromatic nitrogens is 2. The van der Waals surface area contributed by atoms with Crippen LogP contribution < -0.4 is 19.5 Å². The molecule has 7 heteroatoms. The van der Waals surface area contributed by atoms with Crippen molar-refractivity contribution >= 4 is 16.9 Å². The van der Waals surface area contributed by atoms with E-state index in [-0.39, 0.29) is 5.91 Å². The van der Waals surface area contributed by atoms with Crippen molar-refractivity contribution < 1.29 is 19.0 Å². The Kier molecular flexibility index (Phi) is 7.65. The van der Waals surface area contributed by atoms with E-state index in [1.54, 1.807) is 26.4 Å². The molecule has 0 saturated heterocycles. The van der Waals surface area contributed by atoms with Crippen molar-refractivity contribution in [1.29, 1.82) is 0 Å². The molecule has 0 fully saturated rings. The second-order valence-electron chi connectivity index (χ2n) is 7.78. The van der Waals surface area contributed by atoms with Gasteiger partial charge in [0.15, 0.2) is 0 Å². The predicted octanol–water partition coefficient (Wildman–Crippen LogP) is 4.50. The van der Waals surface area contributed by atoms with E-state index in [1.807, 2.05) is 54.6 Å². The van der Waals surface area contributed by atoms with Crippen LogP contribution in [0.2, 0.25) is 0 Å². The fourth-order valence-electron chi connectivity index (χ4n) is 3.81. The van der Waals surface area contributed by atoms with Crippen LogP contribution in [0.4, 0.5) is 0 Å². The highest BCUT2D eigenvalue weighted by Gasteiger charge is 2.11. The second-order valence-corrected chi connectivity index (χ2v) is 7.78. The molecule has 0 bridgehead atoms. The predicted molar refractivity (Wildman–Crippen MR) is 132 cm³/mol. The molecule has 7 nitrogen and oxygen atoms in total. The zero-order valence-electron chi connectivity index (χ0n) is 19.5. The highest BCUT2D eigenvalue weighted by molar-refractivity contribution is 5.94. The number of fused-ring (bicyclic) bond motifs is 1. The number of benzene rings is 3. The Morgan fingerprint density at radius 1 is 0.912 bits per heavy atom. The molecule has 1 heterocycles. The van der Waals surface area contributed by atoms with Crippen LogP contribution in [0.25, 0.3) is 11.0 Å². The molecule has 0 aliphatic heterocycles. The topological polar surface area (TPSA) is 74.6 Å². The molecule has 34 heavy (non-hydrogen) atoms. The van der Waals surface area contributed by atoms with Crippen LogP contribution in [-0.2, 0) is 13.0 Å². The van der Waals surface area contributed by atoms with Gasteiger partial charge >= 0.3 is 0 Å². The van der Waals surface area contributed by atoms with Gasteiger partial charge in [-0.15, -0.1) is 0 Å². The van der Waals surface area contributed by atoms with Crippen molar-refractivity contribution in [1.82, 2.24) is 14.9 Å². The first kappa shape index (κ1) is 23.2. The summed E-state index contributed by atoms with van der Waals surface area (Å²) in [5.74, 6) is 3.13. The average molecular weight is 460 g/mol. The lowest BCUT2D eigenvalue weighted by Gasteiger charge is -2.12. The first-order valence-electron chi connectivity index (χ1n) is 11.3. The van der Waals surface area contributed by atoms with Gasteiger partial charge in [-0.1, -0.05) is 18.2 Å². The van der Waals surface area contributed by atoms with Gasteiger partial charge in [-0.05, 0) is 61.0 Å². The van der Waals surface area contributed by atoms with E-state index in [4.69, 9.17) is 19.2 Å². The number of aryl methyl sites for hydroxylation is 1. The molecular weight excluding hydrogens is 430 g/mol. The smallest absolute Gasteiger partial charge is 0.251 e. The number of carbonyl (C=O) groups excluding carboxylic acids is 1. The molecule has 1 aromatic heterocycles. The quantitative estimate of drug-likeness (QED) is 0.335. The number of imidazole rings is 1. The van der Waals surface area contributed by atoms with Crippen LogP contribution in [0.3, 0.4) is 0 Å². The van der Waals surface area contributed by atoms with Gasteiger partial charge in [0.1, 0.15) is 29.7 Å². The molecule has 0 spiro atoms. The standard InChI is InChI=1S/C27H29N3O4/c1-32-21-12-14-22(15-13-21)34-18-17-30-25-10-4-3-9-24(25)29-26(30)11-6-16-28-27(31)20-7-5-8-23(19-20)33-2/h3-5,7-10,12-15,19H,6,11,16-18H2,1-2H3,(H,28,31). The summed E-state index contributed by atoms with van der Waals surface area (Å²) in [5.41, 5.74) is 2.63. The molecule has 0 aliphatic carbocycles. The SMILES string of the molecule is COc1ccc(OCCn2c(CCCNC(=O)c3cccc(OC)c3)nc3ccccc32)cc1. The lowest BCUT2D eigenvalue weighted by atomic mass is 10.2. The van der Waals surface area contributed by atoms with Crippen molar-refractivity contribution in [3.63, 3.8) is 0 Å². The molecule has 3 aromatic carbocycles. The Balaban J connectivity index is 1.35. The Labute approximate surface area is 199 Å². The fraction of sp³-hybridized carbons (Fsp3) is 0.259. The minimum Gasteiger partial charge on any atom is -0.497 e. The maximum absolute atomic E-state index is 12.4. The Hall–Kier alpha value is -4.00. The van der Waals surface area contributed by atoms with Crippen LogP contribution in [0, 0.1) is 0 Å². The van der Waals surface area contributed by atoms with E-state index in [0.717, 1.165) is 41.2 Å². The number of ether oxygens (including phenoxy) is 3. The van der Waals surface area contributed by atoms with E-state index in [0.29, 0.717) is 31.0 Å². The van der Waals surface area contributed by atoms with Crippen molar-refractivity contribution in [2.75, 3.05) is 27.4 Å². The maximum atomic E-state index is 12.4. The summed E-state index contributed by atoms with van der Waals surface area (Å²) in [5, 5.41) is 2.98. The molecule has 1 N–H and O–H groups in total. The minimum atomic E-state index is -0.111. The van der Waals surface area contributed by atoms with Gasteiger partial charge < -0.3 is 24.1 Å². The summed E-state index contributed by atoms with van der Waals surface area (Å²) in [6, 6.07) is 22.8. The molecule has 4 rings (SSSR count). The van der Waals surface area contributed by atoms with E-state index < -0.39 is 0 Å². The minimum absolute atomic E-state index is 0.111. The number of nitrogens with zero attached hydrogens (tertiary/aromatic N) is 2.